The Kier molecular flexibility index (Phi) is 6.74. The van der Waals surface area contributed by atoms with Crippen molar-refractivity contribution in [2.75, 3.05) is 18.6 Å². The number of rotatable bonds is 7. The first-order valence-corrected chi connectivity index (χ1v) is 10.9. The van der Waals surface area contributed by atoms with Gasteiger partial charge in [0.05, 0.1) is 23.3 Å². The van der Waals surface area contributed by atoms with Gasteiger partial charge < -0.3 is 9.64 Å². The van der Waals surface area contributed by atoms with Crippen molar-refractivity contribution in [3.63, 3.8) is 0 Å². The van der Waals surface area contributed by atoms with E-state index in [0.29, 0.717) is 12.1 Å². The highest BCUT2D eigenvalue weighted by Gasteiger charge is 2.44. The summed E-state index contributed by atoms with van der Waals surface area (Å²) in [6.07, 6.45) is 4.20. The van der Waals surface area contributed by atoms with E-state index < -0.39 is 17.9 Å². The number of benzene rings is 1. The molecule has 1 aromatic carbocycles. The maximum atomic E-state index is 13.3. The number of amides is 2. The van der Waals surface area contributed by atoms with E-state index in [1.54, 1.807) is 11.8 Å². The molecule has 0 aliphatic carbocycles. The molecule has 154 valence electrons. The monoisotopic (exact) mass is 432 g/mol. The first-order chi connectivity index (χ1) is 13.9. The zero-order valence-corrected chi connectivity index (χ0v) is 18.4. The van der Waals surface area contributed by atoms with Crippen molar-refractivity contribution < 1.29 is 19.1 Å². The number of carbonyl (C=O) groups excluding carboxylic acids is 3. The van der Waals surface area contributed by atoms with Crippen LogP contribution in [0.1, 0.15) is 45.1 Å². The van der Waals surface area contributed by atoms with E-state index in [9.17, 15) is 14.4 Å². The second-order valence-electron chi connectivity index (χ2n) is 6.98. The number of carbonyl (C=O) groups is 3. The van der Waals surface area contributed by atoms with Gasteiger partial charge in [0.25, 0.3) is 11.8 Å². The maximum absolute atomic E-state index is 13.3. The van der Waals surface area contributed by atoms with E-state index in [1.807, 2.05) is 24.3 Å². The molecule has 0 saturated carbocycles. The maximum Gasteiger partial charge on any atom is 0.328 e. The van der Waals surface area contributed by atoms with Crippen LogP contribution >= 0.6 is 24.0 Å². The molecule has 8 heteroatoms. The Labute approximate surface area is 180 Å². The summed E-state index contributed by atoms with van der Waals surface area (Å²) in [6.45, 7) is 4.32. The Morgan fingerprint density at radius 2 is 1.90 bits per heavy atom. The quantitative estimate of drug-likeness (QED) is 0.283. The molecular weight excluding hydrogens is 408 g/mol. The first kappa shape index (κ1) is 21.5. The van der Waals surface area contributed by atoms with E-state index in [-0.39, 0.29) is 15.1 Å². The molecule has 29 heavy (non-hydrogen) atoms. The van der Waals surface area contributed by atoms with Crippen LogP contribution in [0.2, 0.25) is 0 Å². The molecule has 0 N–H and O–H groups in total. The van der Waals surface area contributed by atoms with Gasteiger partial charge in [0, 0.05) is 12.1 Å². The Morgan fingerprint density at radius 1 is 1.17 bits per heavy atom. The Balaban J connectivity index is 1.96. The molecule has 0 aromatic heterocycles. The fourth-order valence-electron chi connectivity index (χ4n) is 3.56. The lowest BCUT2D eigenvalue weighted by Gasteiger charge is -2.20. The molecular formula is C21H24N2O4S2. The number of ether oxygens (including phenoxy) is 1. The van der Waals surface area contributed by atoms with Gasteiger partial charge >= 0.3 is 5.97 Å². The summed E-state index contributed by atoms with van der Waals surface area (Å²) in [5, 5.41) is 0. The first-order valence-electron chi connectivity index (χ1n) is 9.71. The van der Waals surface area contributed by atoms with Crippen LogP contribution in [0.5, 0.6) is 0 Å². The van der Waals surface area contributed by atoms with Crippen molar-refractivity contribution in [2.24, 2.45) is 0 Å². The van der Waals surface area contributed by atoms with E-state index in [0.717, 1.165) is 48.7 Å². The molecule has 1 unspecified atom stereocenters. The SMILES string of the molecule is CCCCCCN1C(=O)C(=C2SC(=S)N(C(C)C(=O)OC)C2=O)c2ccccc21. The van der Waals surface area contributed by atoms with E-state index in [4.69, 9.17) is 17.0 Å². The number of unbranched alkanes of at least 4 members (excludes halogenated alkanes) is 3. The van der Waals surface area contributed by atoms with Crippen LogP contribution in [-0.4, -0.2) is 46.7 Å². The zero-order chi connectivity index (χ0) is 21.1. The van der Waals surface area contributed by atoms with Gasteiger partial charge in [-0.3, -0.25) is 14.5 Å². The van der Waals surface area contributed by atoms with Crippen molar-refractivity contribution in [2.45, 2.75) is 45.6 Å². The fourth-order valence-corrected chi connectivity index (χ4v) is 5.05. The van der Waals surface area contributed by atoms with E-state index in [1.165, 1.54) is 12.0 Å². The van der Waals surface area contributed by atoms with Crippen molar-refractivity contribution in [1.29, 1.82) is 0 Å². The van der Waals surface area contributed by atoms with Crippen LogP contribution in [0.4, 0.5) is 5.69 Å². The van der Waals surface area contributed by atoms with Crippen LogP contribution in [0, 0.1) is 0 Å². The number of nitrogens with zero attached hydrogens (tertiary/aromatic N) is 2. The summed E-state index contributed by atoms with van der Waals surface area (Å²) in [5.74, 6) is -1.17. The average molecular weight is 433 g/mol. The van der Waals surface area contributed by atoms with Gasteiger partial charge in [0.2, 0.25) is 0 Å². The molecule has 2 aliphatic heterocycles. The summed E-state index contributed by atoms with van der Waals surface area (Å²) in [5.41, 5.74) is 1.92. The van der Waals surface area contributed by atoms with E-state index >= 15 is 0 Å². The summed E-state index contributed by atoms with van der Waals surface area (Å²) in [6, 6.07) is 6.65. The van der Waals surface area contributed by atoms with Gasteiger partial charge in [-0.05, 0) is 19.4 Å². The molecule has 2 amide bonds. The Hall–Kier alpha value is -2.19. The Morgan fingerprint density at radius 3 is 2.59 bits per heavy atom. The third-order valence-electron chi connectivity index (χ3n) is 5.11. The third kappa shape index (κ3) is 3.96. The molecule has 0 radical (unpaired) electrons. The minimum atomic E-state index is -0.845. The lowest BCUT2D eigenvalue weighted by molar-refractivity contribution is -0.147. The van der Waals surface area contributed by atoms with Crippen molar-refractivity contribution in [1.82, 2.24) is 4.90 Å². The molecule has 1 aromatic rings. The zero-order valence-electron chi connectivity index (χ0n) is 16.8. The number of para-hydroxylation sites is 1. The molecule has 0 bridgehead atoms. The average Bonchev–Trinajstić information content (AvgIpc) is 3.16. The number of thiocarbonyl (C=S) groups is 1. The second-order valence-corrected chi connectivity index (χ2v) is 8.63. The lowest BCUT2D eigenvalue weighted by atomic mass is 10.1. The van der Waals surface area contributed by atoms with Gasteiger partial charge in [-0.15, -0.1) is 0 Å². The summed E-state index contributed by atoms with van der Waals surface area (Å²) in [4.78, 5) is 41.6. The minimum Gasteiger partial charge on any atom is -0.467 e. The number of methoxy groups -OCH3 is 1. The number of thioether (sulfide) groups is 1. The normalized spacial score (nSPS) is 19.8. The number of esters is 1. The predicted molar refractivity (Wildman–Crippen MR) is 118 cm³/mol. The second kappa shape index (κ2) is 9.09. The summed E-state index contributed by atoms with van der Waals surface area (Å²) >= 11 is 6.41. The van der Waals surface area contributed by atoms with Crippen LogP contribution in [-0.2, 0) is 19.1 Å². The standard InChI is InChI=1S/C21H24N2O4S2/c1-4-5-6-9-12-22-15-11-8-7-10-14(15)16(18(22)24)17-19(25)23(21(28)29-17)13(2)20(26)27-3/h7-8,10-11,13H,4-6,9,12H2,1-3H3. The lowest BCUT2D eigenvalue weighted by Crippen LogP contribution is -2.42. The molecule has 2 heterocycles. The topological polar surface area (TPSA) is 66.9 Å². The number of hydrogen-bond donors (Lipinski definition) is 0. The van der Waals surface area contributed by atoms with Gasteiger partial charge in [-0.1, -0.05) is 68.4 Å². The van der Waals surface area contributed by atoms with Crippen LogP contribution in [0.15, 0.2) is 29.2 Å². The predicted octanol–water partition coefficient (Wildman–Crippen LogP) is 3.75. The van der Waals surface area contributed by atoms with Gasteiger partial charge in [0.1, 0.15) is 10.4 Å². The van der Waals surface area contributed by atoms with Crippen LogP contribution in [0.3, 0.4) is 0 Å². The fraction of sp³-hybridized carbons (Fsp3) is 0.429. The van der Waals surface area contributed by atoms with Gasteiger partial charge in [0.15, 0.2) is 0 Å². The molecule has 3 rings (SSSR count). The van der Waals surface area contributed by atoms with Gasteiger partial charge in [-0.25, -0.2) is 4.79 Å². The van der Waals surface area contributed by atoms with Crippen molar-refractivity contribution in [3.8, 4) is 0 Å². The number of hydrogen-bond acceptors (Lipinski definition) is 6. The molecule has 0 spiro atoms. The highest BCUT2D eigenvalue weighted by molar-refractivity contribution is 8.26. The molecule has 1 fully saturated rings. The molecule has 2 aliphatic rings. The number of fused-ring (bicyclic) bond motifs is 1. The highest BCUT2D eigenvalue weighted by atomic mass is 32.2. The van der Waals surface area contributed by atoms with Crippen molar-refractivity contribution in [3.05, 3.63) is 34.7 Å². The summed E-state index contributed by atoms with van der Waals surface area (Å²) < 4.78 is 5.00. The highest BCUT2D eigenvalue weighted by Crippen LogP contribution is 2.45. The summed E-state index contributed by atoms with van der Waals surface area (Å²) in [7, 11) is 1.27. The minimum absolute atomic E-state index is 0.186. The molecule has 6 nitrogen and oxygen atoms in total. The molecule has 1 atom stereocenters. The van der Waals surface area contributed by atoms with Gasteiger partial charge in [-0.2, -0.15) is 0 Å². The third-order valence-corrected chi connectivity index (χ3v) is 6.52. The largest absolute Gasteiger partial charge is 0.467 e. The van der Waals surface area contributed by atoms with Crippen LogP contribution in [0.25, 0.3) is 5.57 Å². The molecule has 1 saturated heterocycles. The van der Waals surface area contributed by atoms with E-state index in [2.05, 4.69) is 6.92 Å². The van der Waals surface area contributed by atoms with Crippen LogP contribution < -0.4 is 4.90 Å². The van der Waals surface area contributed by atoms with Crippen molar-refractivity contribution >= 4 is 57.3 Å². The smallest absolute Gasteiger partial charge is 0.328 e. The Bertz CT molecular complexity index is 896. The number of anilines is 1.